The molecule has 3 heteroatoms. The van der Waals surface area contributed by atoms with Crippen molar-refractivity contribution in [3.05, 3.63) is 107 Å². The minimum atomic E-state index is 0.475. The summed E-state index contributed by atoms with van der Waals surface area (Å²) < 4.78 is 11.7. The molecule has 0 unspecified atom stereocenters. The number of rotatable bonds is 6. The summed E-state index contributed by atoms with van der Waals surface area (Å²) in [6.07, 6.45) is 3.39. The van der Waals surface area contributed by atoms with Crippen molar-refractivity contribution in [3.63, 3.8) is 0 Å². The van der Waals surface area contributed by atoms with Gasteiger partial charge in [-0.2, -0.15) is 0 Å². The third-order valence-electron chi connectivity index (χ3n) is 4.58. The smallest absolute Gasteiger partial charge is 0.222 e. The van der Waals surface area contributed by atoms with Gasteiger partial charge < -0.3 is 9.47 Å². The van der Waals surface area contributed by atoms with Crippen LogP contribution < -0.4 is 4.74 Å². The molecular formula is C26H27NO2. The Kier molecular flexibility index (Phi) is 6.85. The third kappa shape index (κ3) is 6.35. The molecule has 0 aliphatic carbocycles. The van der Waals surface area contributed by atoms with Crippen LogP contribution in [0.4, 0.5) is 5.69 Å². The van der Waals surface area contributed by atoms with Crippen molar-refractivity contribution in [2.24, 2.45) is 4.99 Å². The normalized spacial score (nSPS) is 11.7. The Morgan fingerprint density at radius 1 is 0.828 bits per heavy atom. The molecule has 3 nitrogen and oxygen atoms in total. The molecule has 148 valence electrons. The molecule has 0 fully saturated rings. The molecule has 3 aromatic carbocycles. The van der Waals surface area contributed by atoms with E-state index in [0.29, 0.717) is 12.5 Å². The average molecular weight is 386 g/mol. The quantitative estimate of drug-likeness (QED) is 0.267. The monoisotopic (exact) mass is 385 g/mol. The Hall–Kier alpha value is -3.33. The Morgan fingerprint density at radius 2 is 1.59 bits per heavy atom. The zero-order valence-electron chi connectivity index (χ0n) is 17.5. The van der Waals surface area contributed by atoms with Crippen LogP contribution in [0.2, 0.25) is 0 Å². The summed E-state index contributed by atoms with van der Waals surface area (Å²) in [6.45, 7) is 8.78. The second-order valence-electron chi connectivity index (χ2n) is 7.24. The maximum absolute atomic E-state index is 6.02. The first-order chi connectivity index (χ1) is 14.0. The number of hydrogen-bond acceptors (Lipinski definition) is 3. The van der Waals surface area contributed by atoms with Gasteiger partial charge in [-0.1, -0.05) is 48.0 Å². The van der Waals surface area contributed by atoms with Crippen LogP contribution in [-0.2, 0) is 11.3 Å². The van der Waals surface area contributed by atoms with Gasteiger partial charge in [0.25, 0.3) is 0 Å². The molecule has 0 aliphatic rings. The Labute approximate surface area is 173 Å². The van der Waals surface area contributed by atoms with Gasteiger partial charge in [0.1, 0.15) is 12.4 Å². The van der Waals surface area contributed by atoms with E-state index in [-0.39, 0.29) is 0 Å². The number of hydrogen-bond donors (Lipinski definition) is 0. The lowest BCUT2D eigenvalue weighted by molar-refractivity contribution is 0.236. The summed E-state index contributed by atoms with van der Waals surface area (Å²) in [5.41, 5.74) is 6.76. The Bertz CT molecular complexity index is 1030. The van der Waals surface area contributed by atoms with Gasteiger partial charge in [-0.25, -0.2) is 4.99 Å². The van der Waals surface area contributed by atoms with Gasteiger partial charge in [-0.05, 0) is 74.2 Å². The zero-order valence-corrected chi connectivity index (χ0v) is 17.5. The van der Waals surface area contributed by atoms with Crippen molar-refractivity contribution in [3.8, 4) is 5.75 Å². The van der Waals surface area contributed by atoms with Gasteiger partial charge in [0, 0.05) is 6.08 Å². The van der Waals surface area contributed by atoms with Crippen LogP contribution in [0, 0.1) is 27.7 Å². The van der Waals surface area contributed by atoms with Crippen LogP contribution in [0.5, 0.6) is 5.75 Å². The van der Waals surface area contributed by atoms with E-state index in [9.17, 15) is 0 Å². The van der Waals surface area contributed by atoms with Gasteiger partial charge in [-0.3, -0.25) is 0 Å². The molecule has 0 spiro atoms. The fourth-order valence-corrected chi connectivity index (χ4v) is 2.87. The highest BCUT2D eigenvalue weighted by molar-refractivity contribution is 5.91. The second-order valence-corrected chi connectivity index (χ2v) is 7.24. The highest BCUT2D eigenvalue weighted by Gasteiger charge is 2.03. The van der Waals surface area contributed by atoms with Gasteiger partial charge >= 0.3 is 0 Å². The largest absolute Gasteiger partial charge is 0.496 e. The molecular weight excluding hydrogens is 358 g/mol. The number of aliphatic imine (C=N–C) groups is 1. The van der Waals surface area contributed by atoms with E-state index in [1.54, 1.807) is 12.3 Å². The molecule has 0 amide bonds. The van der Waals surface area contributed by atoms with Crippen LogP contribution in [-0.4, -0.2) is 5.90 Å². The maximum atomic E-state index is 6.02. The van der Waals surface area contributed by atoms with Crippen LogP contribution >= 0.6 is 0 Å². The molecule has 0 bridgehead atoms. The number of ether oxygens (including phenoxy) is 2. The third-order valence-corrected chi connectivity index (χ3v) is 4.58. The first-order valence-electron chi connectivity index (χ1n) is 9.74. The van der Waals surface area contributed by atoms with Crippen molar-refractivity contribution in [2.45, 2.75) is 34.3 Å². The molecule has 0 saturated carbocycles. The van der Waals surface area contributed by atoms with E-state index in [1.165, 1.54) is 16.7 Å². The maximum Gasteiger partial charge on any atom is 0.222 e. The number of benzene rings is 3. The van der Waals surface area contributed by atoms with E-state index >= 15 is 0 Å². The summed E-state index contributed by atoms with van der Waals surface area (Å²) in [5, 5.41) is 0. The van der Waals surface area contributed by atoms with Crippen molar-refractivity contribution in [2.75, 3.05) is 0 Å². The molecule has 3 aromatic rings. The van der Waals surface area contributed by atoms with Gasteiger partial charge in [-0.15, -0.1) is 0 Å². The van der Waals surface area contributed by atoms with Crippen molar-refractivity contribution >= 4 is 11.6 Å². The Morgan fingerprint density at radius 3 is 2.31 bits per heavy atom. The molecule has 3 rings (SSSR count). The van der Waals surface area contributed by atoms with E-state index in [1.807, 2.05) is 49.4 Å². The fraction of sp³-hybridized carbons (Fsp3) is 0.192. The second kappa shape index (κ2) is 9.74. The number of aryl methyl sites for hydroxylation is 4. The van der Waals surface area contributed by atoms with Crippen LogP contribution in [0.3, 0.4) is 0 Å². The summed E-state index contributed by atoms with van der Waals surface area (Å²) in [4.78, 5) is 4.67. The molecule has 0 saturated heterocycles. The topological polar surface area (TPSA) is 30.8 Å². The predicted octanol–water partition coefficient (Wildman–Crippen LogP) is 6.76. The number of nitrogens with zero attached hydrogens (tertiary/aromatic N) is 1. The highest BCUT2D eigenvalue weighted by atomic mass is 16.5. The first kappa shape index (κ1) is 20.4. The van der Waals surface area contributed by atoms with Gasteiger partial charge in [0.2, 0.25) is 5.90 Å². The van der Waals surface area contributed by atoms with Crippen LogP contribution in [0.25, 0.3) is 0 Å². The van der Waals surface area contributed by atoms with Gasteiger partial charge in [0.05, 0.1) is 11.9 Å². The molecule has 0 N–H and O–H groups in total. The lowest BCUT2D eigenvalue weighted by Gasteiger charge is -2.08. The predicted molar refractivity (Wildman–Crippen MR) is 120 cm³/mol. The standard InChI is InChI=1S/C26H27NO2/c1-19-7-5-9-23(15-19)18-28-14-13-26(29-25-10-6-8-20(2)16-25)27-24-12-11-21(3)22(4)17-24/h5-17H,18H2,1-4H3. The summed E-state index contributed by atoms with van der Waals surface area (Å²) >= 11 is 0. The SMILES string of the molecule is Cc1cccc(COC=CC(=Nc2ccc(C)c(C)c2)Oc2cccc(C)c2)c1. The van der Waals surface area contributed by atoms with E-state index < -0.39 is 0 Å². The molecule has 0 aliphatic heterocycles. The molecule has 0 atom stereocenters. The summed E-state index contributed by atoms with van der Waals surface area (Å²) in [6, 6.07) is 22.3. The molecule has 0 heterocycles. The molecule has 0 aromatic heterocycles. The first-order valence-corrected chi connectivity index (χ1v) is 9.74. The van der Waals surface area contributed by atoms with E-state index in [4.69, 9.17) is 9.47 Å². The Balaban J connectivity index is 1.77. The fourth-order valence-electron chi connectivity index (χ4n) is 2.87. The lowest BCUT2D eigenvalue weighted by Crippen LogP contribution is -2.05. The van der Waals surface area contributed by atoms with E-state index in [2.05, 4.69) is 50.0 Å². The summed E-state index contributed by atoms with van der Waals surface area (Å²) in [7, 11) is 0. The lowest BCUT2D eigenvalue weighted by atomic mass is 10.1. The average Bonchev–Trinajstić information content (AvgIpc) is 2.68. The minimum absolute atomic E-state index is 0.475. The molecule has 29 heavy (non-hydrogen) atoms. The van der Waals surface area contributed by atoms with Crippen LogP contribution in [0.15, 0.2) is 84.1 Å². The van der Waals surface area contributed by atoms with Crippen molar-refractivity contribution in [1.82, 2.24) is 0 Å². The van der Waals surface area contributed by atoms with Crippen molar-refractivity contribution < 1.29 is 9.47 Å². The zero-order chi connectivity index (χ0) is 20.6. The van der Waals surface area contributed by atoms with Crippen LogP contribution in [0.1, 0.15) is 27.8 Å². The highest BCUT2D eigenvalue weighted by Crippen LogP contribution is 2.19. The van der Waals surface area contributed by atoms with E-state index in [0.717, 1.165) is 22.6 Å². The summed E-state index contributed by atoms with van der Waals surface area (Å²) in [5.74, 6) is 1.22. The van der Waals surface area contributed by atoms with Crippen molar-refractivity contribution in [1.29, 1.82) is 0 Å². The molecule has 0 radical (unpaired) electrons. The minimum Gasteiger partial charge on any atom is -0.496 e. The van der Waals surface area contributed by atoms with Gasteiger partial charge in [0.15, 0.2) is 0 Å².